The van der Waals surface area contributed by atoms with Crippen molar-refractivity contribution in [3.05, 3.63) is 24.0 Å². The van der Waals surface area contributed by atoms with Crippen molar-refractivity contribution in [1.82, 2.24) is 21.1 Å². The Balaban J connectivity index is 1.64. The number of halogens is 1. The molecule has 2 aliphatic rings. The molecule has 2 amide bonds. The first kappa shape index (κ1) is 22.0. The maximum Gasteiger partial charge on any atom is 0.414 e. The van der Waals surface area contributed by atoms with Gasteiger partial charge in [0.1, 0.15) is 18.5 Å². The average molecular weight is 441 g/mol. The van der Waals surface area contributed by atoms with Crippen molar-refractivity contribution < 1.29 is 23.8 Å². The van der Waals surface area contributed by atoms with Gasteiger partial charge in [0.25, 0.3) is 5.91 Å². The van der Waals surface area contributed by atoms with Gasteiger partial charge in [-0.25, -0.2) is 14.6 Å². The molecule has 1 atom stereocenters. The molecule has 2 saturated heterocycles. The number of cyclic esters (lactones) is 1. The lowest BCUT2D eigenvalue weighted by molar-refractivity contribution is -0.136. The van der Waals surface area contributed by atoms with Crippen LogP contribution in [0.15, 0.2) is 18.2 Å². The number of nitrogens with one attached hydrogen (secondary N) is 3. The van der Waals surface area contributed by atoms with Crippen molar-refractivity contribution in [2.45, 2.75) is 6.10 Å². The summed E-state index contributed by atoms with van der Waals surface area (Å²) in [5.41, 5.74) is 3.70. The van der Waals surface area contributed by atoms with Crippen molar-refractivity contribution in [3.8, 4) is 0 Å². The summed E-state index contributed by atoms with van der Waals surface area (Å²) in [4.78, 5) is 27.0. The Kier molecular flexibility index (Phi) is 7.24. The van der Waals surface area contributed by atoms with Crippen molar-refractivity contribution in [3.63, 3.8) is 0 Å². The normalized spacial score (nSPS) is 19.4. The van der Waals surface area contributed by atoms with Crippen LogP contribution in [-0.2, 0) is 9.53 Å². The van der Waals surface area contributed by atoms with Crippen LogP contribution >= 0.6 is 12.2 Å². The van der Waals surface area contributed by atoms with Gasteiger partial charge in [0, 0.05) is 26.7 Å². The van der Waals surface area contributed by atoms with E-state index in [9.17, 15) is 14.0 Å². The van der Waals surface area contributed by atoms with Crippen LogP contribution in [0, 0.1) is 5.82 Å². The molecule has 0 aromatic heterocycles. The van der Waals surface area contributed by atoms with Crippen LogP contribution in [0.4, 0.5) is 20.6 Å². The van der Waals surface area contributed by atoms with Crippen molar-refractivity contribution in [2.24, 2.45) is 0 Å². The highest BCUT2D eigenvalue weighted by Gasteiger charge is 2.33. The zero-order valence-corrected chi connectivity index (χ0v) is 17.4. The number of hydrazine groups is 1. The predicted octanol–water partition coefficient (Wildman–Crippen LogP) is -0.610. The number of rotatable bonds is 5. The molecule has 0 aliphatic carbocycles. The van der Waals surface area contributed by atoms with Crippen LogP contribution in [-0.4, -0.2) is 86.3 Å². The predicted molar refractivity (Wildman–Crippen MR) is 113 cm³/mol. The standard InChI is InChI=1S/C18H25FN6O4S/c1-20-17(30)21-9-13-10-24(18(28)29-13)12-2-3-15(14(19)8-12)23-5-4-22-25(7-6-23)16(27)11-26/h2-3,8,13,22,26H,4-7,9-11H2,1H3,(H2,20,21,30)/t13-/m0/s1. The van der Waals surface area contributed by atoms with E-state index in [4.69, 9.17) is 22.1 Å². The molecular weight excluding hydrogens is 415 g/mol. The van der Waals surface area contributed by atoms with E-state index in [0.29, 0.717) is 49.2 Å². The number of thiocarbonyl (C=S) groups is 1. The lowest BCUT2D eigenvalue weighted by atomic mass is 10.2. The molecule has 1 aromatic carbocycles. The molecular formula is C18H25FN6O4S. The molecule has 2 fully saturated rings. The number of aliphatic hydroxyl groups excluding tert-OH is 1. The van der Waals surface area contributed by atoms with Crippen LogP contribution in [0.5, 0.6) is 0 Å². The van der Waals surface area contributed by atoms with E-state index >= 15 is 0 Å². The summed E-state index contributed by atoms with van der Waals surface area (Å²) in [6.45, 7) is 1.67. The number of benzene rings is 1. The highest BCUT2D eigenvalue weighted by atomic mass is 32.1. The molecule has 0 saturated carbocycles. The summed E-state index contributed by atoms with van der Waals surface area (Å²) in [6.07, 6.45) is -0.945. The van der Waals surface area contributed by atoms with E-state index in [1.165, 1.54) is 16.0 Å². The molecule has 0 radical (unpaired) electrons. The molecule has 0 unspecified atom stereocenters. The van der Waals surface area contributed by atoms with Crippen molar-refractivity contribution in [2.75, 3.05) is 62.7 Å². The van der Waals surface area contributed by atoms with E-state index in [-0.39, 0.29) is 6.54 Å². The summed E-state index contributed by atoms with van der Waals surface area (Å²) in [5.74, 6) is -0.903. The van der Waals surface area contributed by atoms with Gasteiger partial charge in [-0.3, -0.25) is 14.7 Å². The van der Waals surface area contributed by atoms with Gasteiger partial charge >= 0.3 is 6.09 Å². The summed E-state index contributed by atoms with van der Waals surface area (Å²) >= 11 is 5.00. The molecule has 10 nitrogen and oxygen atoms in total. The Labute approximate surface area is 178 Å². The van der Waals surface area contributed by atoms with E-state index in [1.54, 1.807) is 19.2 Å². The maximum atomic E-state index is 14.9. The third kappa shape index (κ3) is 5.07. The first-order valence-corrected chi connectivity index (χ1v) is 9.96. The molecule has 0 spiro atoms. The summed E-state index contributed by atoms with van der Waals surface area (Å²) in [5, 5.41) is 16.5. The Hall–Kier alpha value is -2.70. The fourth-order valence-corrected chi connectivity index (χ4v) is 3.41. The Bertz CT molecular complexity index is 813. The van der Waals surface area contributed by atoms with Crippen molar-refractivity contribution >= 4 is 40.7 Å². The SMILES string of the molecule is CNC(=S)NC[C@H]1CN(c2ccc(N3CCNN(C(=O)CO)CC3)c(F)c2)C(=O)O1. The number of nitrogens with zero attached hydrogens (tertiary/aromatic N) is 3. The second-order valence-electron chi connectivity index (χ2n) is 6.81. The number of ether oxygens (including phenoxy) is 1. The van der Waals surface area contributed by atoms with E-state index in [2.05, 4.69) is 16.1 Å². The number of hydrogen-bond donors (Lipinski definition) is 4. The van der Waals surface area contributed by atoms with E-state index < -0.39 is 30.5 Å². The van der Waals surface area contributed by atoms with Crippen LogP contribution in [0.2, 0.25) is 0 Å². The minimum absolute atomic E-state index is 0.281. The van der Waals surface area contributed by atoms with E-state index in [1.807, 2.05) is 4.90 Å². The van der Waals surface area contributed by atoms with Gasteiger partial charge in [-0.15, -0.1) is 0 Å². The number of anilines is 2. The highest BCUT2D eigenvalue weighted by Crippen LogP contribution is 2.28. The first-order valence-electron chi connectivity index (χ1n) is 9.56. The average Bonchev–Trinajstić information content (AvgIpc) is 2.96. The highest BCUT2D eigenvalue weighted by molar-refractivity contribution is 7.80. The first-order chi connectivity index (χ1) is 14.4. The molecule has 1 aromatic rings. The summed E-state index contributed by atoms with van der Waals surface area (Å²) < 4.78 is 20.2. The molecule has 3 rings (SSSR count). The van der Waals surface area contributed by atoms with Crippen molar-refractivity contribution in [1.29, 1.82) is 0 Å². The van der Waals surface area contributed by atoms with Crippen LogP contribution < -0.4 is 25.9 Å². The molecule has 30 heavy (non-hydrogen) atoms. The quantitative estimate of drug-likeness (QED) is 0.446. The van der Waals surface area contributed by atoms with Gasteiger partial charge in [0.05, 0.1) is 31.0 Å². The fourth-order valence-electron chi connectivity index (χ4n) is 3.32. The lowest BCUT2D eigenvalue weighted by Gasteiger charge is -2.24. The minimum Gasteiger partial charge on any atom is -0.442 e. The second kappa shape index (κ2) is 9.87. The third-order valence-corrected chi connectivity index (χ3v) is 5.24. The third-order valence-electron chi connectivity index (χ3n) is 4.89. The molecule has 0 bridgehead atoms. The zero-order valence-electron chi connectivity index (χ0n) is 16.6. The van der Waals surface area contributed by atoms with Gasteiger partial charge in [-0.2, -0.15) is 0 Å². The Morgan fingerprint density at radius 1 is 1.40 bits per heavy atom. The summed E-state index contributed by atoms with van der Waals surface area (Å²) in [6, 6.07) is 4.59. The van der Waals surface area contributed by atoms with Crippen LogP contribution in [0.3, 0.4) is 0 Å². The van der Waals surface area contributed by atoms with E-state index in [0.717, 1.165) is 0 Å². The van der Waals surface area contributed by atoms with Crippen LogP contribution in [0.25, 0.3) is 0 Å². The topological polar surface area (TPSA) is 109 Å². The Morgan fingerprint density at radius 3 is 2.90 bits per heavy atom. The molecule has 164 valence electrons. The largest absolute Gasteiger partial charge is 0.442 e. The lowest BCUT2D eigenvalue weighted by Crippen LogP contribution is -2.45. The number of hydrogen-bond acceptors (Lipinski definition) is 7. The number of carbonyl (C=O) groups is 2. The van der Waals surface area contributed by atoms with Gasteiger partial charge in [0.15, 0.2) is 5.11 Å². The van der Waals surface area contributed by atoms with Gasteiger partial charge in [-0.1, -0.05) is 0 Å². The monoisotopic (exact) mass is 440 g/mol. The maximum absolute atomic E-state index is 14.9. The van der Waals surface area contributed by atoms with Gasteiger partial charge in [0.2, 0.25) is 0 Å². The second-order valence-corrected chi connectivity index (χ2v) is 7.22. The number of amides is 2. The summed E-state index contributed by atoms with van der Waals surface area (Å²) in [7, 11) is 1.69. The minimum atomic E-state index is -0.584. The molecule has 2 heterocycles. The smallest absolute Gasteiger partial charge is 0.414 e. The molecule has 4 N–H and O–H groups in total. The number of aliphatic hydroxyl groups is 1. The van der Waals surface area contributed by atoms with Gasteiger partial charge < -0.3 is 25.4 Å². The molecule has 12 heteroatoms. The van der Waals surface area contributed by atoms with Gasteiger partial charge in [-0.05, 0) is 30.4 Å². The van der Waals surface area contributed by atoms with Crippen LogP contribution in [0.1, 0.15) is 0 Å². The number of carbonyl (C=O) groups excluding carboxylic acids is 2. The fraction of sp³-hybridized carbons (Fsp3) is 0.500. The zero-order chi connectivity index (χ0) is 21.7. The molecule has 2 aliphatic heterocycles. The Morgan fingerprint density at radius 2 is 2.20 bits per heavy atom.